The molecular formula is C19H33NO5. The Balaban J connectivity index is 2.00. The molecule has 6 nitrogen and oxygen atoms in total. The molecule has 0 spiro atoms. The van der Waals surface area contributed by atoms with Gasteiger partial charge in [-0.3, -0.25) is 4.90 Å². The van der Waals surface area contributed by atoms with Crippen LogP contribution in [0.15, 0.2) is 12.2 Å². The van der Waals surface area contributed by atoms with Gasteiger partial charge in [0.25, 0.3) is 0 Å². The highest BCUT2D eigenvalue weighted by Gasteiger charge is 2.18. The van der Waals surface area contributed by atoms with Crippen molar-refractivity contribution < 1.29 is 23.8 Å². The lowest BCUT2D eigenvalue weighted by Gasteiger charge is -2.26. The molecule has 0 aliphatic carbocycles. The van der Waals surface area contributed by atoms with E-state index in [9.17, 15) is 9.59 Å². The quantitative estimate of drug-likeness (QED) is 0.323. The van der Waals surface area contributed by atoms with E-state index in [0.717, 1.165) is 70.7 Å². The molecule has 0 aromatic carbocycles. The van der Waals surface area contributed by atoms with Gasteiger partial charge in [0.05, 0.1) is 19.8 Å². The van der Waals surface area contributed by atoms with Crippen molar-refractivity contribution >= 4 is 11.9 Å². The monoisotopic (exact) mass is 355 g/mol. The predicted molar refractivity (Wildman–Crippen MR) is 96.3 cm³/mol. The van der Waals surface area contributed by atoms with Crippen molar-refractivity contribution in [2.45, 2.75) is 58.5 Å². The first-order valence-electron chi connectivity index (χ1n) is 9.31. The molecule has 0 aromatic rings. The van der Waals surface area contributed by atoms with Crippen molar-refractivity contribution in [2.75, 3.05) is 39.5 Å². The zero-order chi connectivity index (χ0) is 18.5. The van der Waals surface area contributed by atoms with Crippen molar-refractivity contribution in [3.05, 3.63) is 12.2 Å². The van der Waals surface area contributed by atoms with Crippen LogP contribution in [0.1, 0.15) is 52.9 Å². The Labute approximate surface area is 151 Å². The third-order valence-corrected chi connectivity index (χ3v) is 4.30. The zero-order valence-electron chi connectivity index (χ0n) is 15.9. The van der Waals surface area contributed by atoms with Gasteiger partial charge in [-0.05, 0) is 39.7 Å². The Morgan fingerprint density at radius 1 is 1.04 bits per heavy atom. The molecule has 0 atom stereocenters. The fraction of sp³-hybridized carbons (Fsp3) is 0.789. The third-order valence-electron chi connectivity index (χ3n) is 4.30. The van der Waals surface area contributed by atoms with Gasteiger partial charge in [0.1, 0.15) is 5.60 Å². The second-order valence-corrected chi connectivity index (χ2v) is 6.90. The van der Waals surface area contributed by atoms with E-state index in [-0.39, 0.29) is 0 Å². The maximum absolute atomic E-state index is 11.6. The number of morpholine rings is 1. The summed E-state index contributed by atoms with van der Waals surface area (Å²) in [6.07, 6.45) is 7.14. The van der Waals surface area contributed by atoms with Gasteiger partial charge in [-0.15, -0.1) is 0 Å². The molecule has 1 aliphatic rings. The van der Waals surface area contributed by atoms with Gasteiger partial charge in [0, 0.05) is 25.2 Å². The lowest BCUT2D eigenvalue weighted by Crippen LogP contribution is -2.36. The average Bonchev–Trinajstić information content (AvgIpc) is 2.59. The number of esters is 2. The van der Waals surface area contributed by atoms with E-state index >= 15 is 0 Å². The Bertz CT molecular complexity index is 428. The van der Waals surface area contributed by atoms with E-state index in [1.54, 1.807) is 0 Å². The van der Waals surface area contributed by atoms with E-state index in [0.29, 0.717) is 13.0 Å². The normalized spacial score (nSPS) is 16.1. The number of ether oxygens (including phenoxy) is 3. The Morgan fingerprint density at radius 2 is 1.68 bits per heavy atom. The second kappa shape index (κ2) is 12.0. The largest absolute Gasteiger partial charge is 0.463 e. The summed E-state index contributed by atoms with van der Waals surface area (Å²) in [6, 6.07) is 0. The number of rotatable bonds is 11. The summed E-state index contributed by atoms with van der Waals surface area (Å²) in [5, 5.41) is 0. The number of carbonyl (C=O) groups excluding carboxylic acids is 2. The standard InChI is InChI=1S/C19H33NO5/c1-4-19(2,3)25-18(22)10-9-17(21)24-14-8-6-5-7-11-20-12-15-23-16-13-20/h9-10H,4-8,11-16H2,1-3H3/b10-9+. The molecular weight excluding hydrogens is 322 g/mol. The van der Waals surface area contributed by atoms with E-state index in [1.807, 2.05) is 20.8 Å². The summed E-state index contributed by atoms with van der Waals surface area (Å²) in [7, 11) is 0. The summed E-state index contributed by atoms with van der Waals surface area (Å²) in [6.45, 7) is 10.8. The molecule has 1 fully saturated rings. The molecule has 1 heterocycles. The molecule has 0 aromatic heterocycles. The van der Waals surface area contributed by atoms with Gasteiger partial charge < -0.3 is 14.2 Å². The van der Waals surface area contributed by atoms with Crippen LogP contribution >= 0.6 is 0 Å². The van der Waals surface area contributed by atoms with E-state index in [2.05, 4.69) is 4.90 Å². The maximum atomic E-state index is 11.6. The van der Waals surface area contributed by atoms with Crippen LogP contribution in [0.4, 0.5) is 0 Å². The molecule has 144 valence electrons. The van der Waals surface area contributed by atoms with Crippen molar-refractivity contribution in [3.63, 3.8) is 0 Å². The summed E-state index contributed by atoms with van der Waals surface area (Å²) < 4.78 is 15.6. The Kier molecular flexibility index (Phi) is 10.4. The van der Waals surface area contributed by atoms with E-state index < -0.39 is 17.5 Å². The number of hydrogen-bond acceptors (Lipinski definition) is 6. The maximum Gasteiger partial charge on any atom is 0.331 e. The summed E-state index contributed by atoms with van der Waals surface area (Å²) in [5.74, 6) is -1.02. The lowest BCUT2D eigenvalue weighted by molar-refractivity contribution is -0.151. The van der Waals surface area contributed by atoms with Crippen molar-refractivity contribution in [2.24, 2.45) is 0 Å². The first-order chi connectivity index (χ1) is 11.9. The van der Waals surface area contributed by atoms with Crippen LogP contribution in [-0.2, 0) is 23.8 Å². The molecule has 1 saturated heterocycles. The van der Waals surface area contributed by atoms with Crippen LogP contribution in [0.5, 0.6) is 0 Å². The topological polar surface area (TPSA) is 65.1 Å². The number of carbonyl (C=O) groups is 2. The van der Waals surface area contributed by atoms with Crippen molar-refractivity contribution in [3.8, 4) is 0 Å². The fourth-order valence-electron chi connectivity index (χ4n) is 2.35. The third kappa shape index (κ3) is 10.9. The second-order valence-electron chi connectivity index (χ2n) is 6.90. The lowest BCUT2D eigenvalue weighted by atomic mass is 10.1. The van der Waals surface area contributed by atoms with Crippen molar-refractivity contribution in [1.29, 1.82) is 0 Å². The molecule has 0 radical (unpaired) electrons. The fourth-order valence-corrected chi connectivity index (χ4v) is 2.35. The number of unbranched alkanes of at least 4 members (excludes halogenated alkanes) is 3. The van der Waals surface area contributed by atoms with E-state index in [1.165, 1.54) is 0 Å². The predicted octanol–water partition coefficient (Wildman–Crippen LogP) is 2.71. The minimum Gasteiger partial charge on any atom is -0.463 e. The SMILES string of the molecule is CCC(C)(C)OC(=O)/C=C/C(=O)OCCCCCCN1CCOCC1. The summed E-state index contributed by atoms with van der Waals surface area (Å²) >= 11 is 0. The molecule has 0 amide bonds. The smallest absolute Gasteiger partial charge is 0.331 e. The van der Waals surface area contributed by atoms with Gasteiger partial charge in [-0.2, -0.15) is 0 Å². The highest BCUT2D eigenvalue weighted by Crippen LogP contribution is 2.13. The number of nitrogens with zero attached hydrogens (tertiary/aromatic N) is 1. The van der Waals surface area contributed by atoms with Crippen LogP contribution in [-0.4, -0.2) is 61.9 Å². The van der Waals surface area contributed by atoms with Crippen LogP contribution in [0.25, 0.3) is 0 Å². The van der Waals surface area contributed by atoms with E-state index in [4.69, 9.17) is 14.2 Å². The molecule has 25 heavy (non-hydrogen) atoms. The molecule has 0 bridgehead atoms. The summed E-state index contributed by atoms with van der Waals surface area (Å²) in [5.41, 5.74) is -0.521. The van der Waals surface area contributed by atoms with Gasteiger partial charge in [0.15, 0.2) is 0 Å². The molecule has 0 saturated carbocycles. The van der Waals surface area contributed by atoms with Gasteiger partial charge >= 0.3 is 11.9 Å². The molecule has 0 unspecified atom stereocenters. The van der Waals surface area contributed by atoms with Crippen LogP contribution in [0.3, 0.4) is 0 Å². The van der Waals surface area contributed by atoms with Crippen molar-refractivity contribution in [1.82, 2.24) is 4.90 Å². The Hall–Kier alpha value is -1.40. The van der Waals surface area contributed by atoms with Crippen LogP contribution in [0, 0.1) is 0 Å². The molecule has 1 rings (SSSR count). The van der Waals surface area contributed by atoms with Gasteiger partial charge in [0.2, 0.25) is 0 Å². The minimum absolute atomic E-state index is 0.385. The van der Waals surface area contributed by atoms with Gasteiger partial charge in [-0.25, -0.2) is 9.59 Å². The molecule has 6 heteroatoms. The zero-order valence-corrected chi connectivity index (χ0v) is 15.9. The molecule has 0 N–H and O–H groups in total. The minimum atomic E-state index is -0.521. The van der Waals surface area contributed by atoms with Gasteiger partial charge in [-0.1, -0.05) is 19.8 Å². The number of hydrogen-bond donors (Lipinski definition) is 0. The first kappa shape index (κ1) is 21.6. The highest BCUT2D eigenvalue weighted by molar-refractivity contribution is 5.91. The summed E-state index contributed by atoms with van der Waals surface area (Å²) in [4.78, 5) is 25.5. The first-order valence-corrected chi connectivity index (χ1v) is 9.31. The van der Waals surface area contributed by atoms with Crippen LogP contribution in [0.2, 0.25) is 0 Å². The average molecular weight is 355 g/mol. The molecule has 1 aliphatic heterocycles. The highest BCUT2D eigenvalue weighted by atomic mass is 16.6. The van der Waals surface area contributed by atoms with Crippen LogP contribution < -0.4 is 0 Å². The Morgan fingerprint density at radius 3 is 2.36 bits per heavy atom.